The highest BCUT2D eigenvalue weighted by Crippen LogP contribution is 2.38. The Morgan fingerprint density at radius 3 is 2.86 bits per heavy atom. The van der Waals surface area contributed by atoms with Gasteiger partial charge in [0.05, 0.1) is 18.0 Å². The molecule has 28 heavy (non-hydrogen) atoms. The smallest absolute Gasteiger partial charge is 0.236 e. The summed E-state index contributed by atoms with van der Waals surface area (Å²) in [6.07, 6.45) is 2.99. The average molecular weight is 520 g/mol. The molecule has 1 aromatic rings. The number of rotatable bonds is 4. The van der Waals surface area contributed by atoms with Gasteiger partial charge in [0, 0.05) is 45.2 Å². The molecular formula is C19H29IN4O3S. The SMILES string of the molecule is CN=C(NCCS(=O)(=O)N1CCc2ccccc21)N1CCC2(CCOC2)C1.I. The van der Waals surface area contributed by atoms with Gasteiger partial charge in [0.15, 0.2) is 5.96 Å². The molecule has 2 fully saturated rings. The van der Waals surface area contributed by atoms with E-state index >= 15 is 0 Å². The van der Waals surface area contributed by atoms with E-state index < -0.39 is 10.0 Å². The molecule has 1 N–H and O–H groups in total. The Bertz CT molecular complexity index is 824. The predicted molar refractivity (Wildman–Crippen MR) is 122 cm³/mol. The van der Waals surface area contributed by atoms with Crippen LogP contribution in [0.5, 0.6) is 0 Å². The maximum Gasteiger partial charge on any atom is 0.236 e. The van der Waals surface area contributed by atoms with Gasteiger partial charge in [0.25, 0.3) is 0 Å². The predicted octanol–water partition coefficient (Wildman–Crippen LogP) is 1.68. The van der Waals surface area contributed by atoms with Gasteiger partial charge in [-0.2, -0.15) is 0 Å². The molecule has 0 amide bonds. The third kappa shape index (κ3) is 4.25. The van der Waals surface area contributed by atoms with E-state index in [0.29, 0.717) is 13.1 Å². The molecule has 1 unspecified atom stereocenters. The fourth-order valence-electron chi connectivity index (χ4n) is 4.42. The molecule has 0 aromatic heterocycles. The fraction of sp³-hybridized carbons (Fsp3) is 0.632. The lowest BCUT2D eigenvalue weighted by Crippen LogP contribution is -2.44. The Morgan fingerprint density at radius 1 is 1.29 bits per heavy atom. The monoisotopic (exact) mass is 520 g/mol. The molecule has 1 atom stereocenters. The molecule has 4 rings (SSSR count). The summed E-state index contributed by atoms with van der Waals surface area (Å²) in [5.74, 6) is 0.846. The minimum absolute atomic E-state index is 0. The number of ether oxygens (including phenoxy) is 1. The molecule has 9 heteroatoms. The minimum Gasteiger partial charge on any atom is -0.381 e. The lowest BCUT2D eigenvalue weighted by atomic mass is 9.87. The van der Waals surface area contributed by atoms with Crippen molar-refractivity contribution in [1.29, 1.82) is 0 Å². The van der Waals surface area contributed by atoms with Crippen molar-refractivity contribution < 1.29 is 13.2 Å². The van der Waals surface area contributed by atoms with Crippen molar-refractivity contribution in [3.63, 3.8) is 0 Å². The Morgan fingerprint density at radius 2 is 2.11 bits per heavy atom. The molecule has 3 heterocycles. The highest BCUT2D eigenvalue weighted by atomic mass is 127. The second kappa shape index (κ2) is 8.74. The van der Waals surface area contributed by atoms with Crippen LogP contribution in [0.1, 0.15) is 18.4 Å². The number of anilines is 1. The Hall–Kier alpha value is -1.07. The number of sulfonamides is 1. The van der Waals surface area contributed by atoms with Crippen LogP contribution < -0.4 is 9.62 Å². The summed E-state index contributed by atoms with van der Waals surface area (Å²) < 4.78 is 32.7. The molecule has 0 bridgehead atoms. The Kier molecular flexibility index (Phi) is 6.76. The molecule has 156 valence electrons. The van der Waals surface area contributed by atoms with Crippen LogP contribution >= 0.6 is 24.0 Å². The van der Waals surface area contributed by atoms with Crippen LogP contribution in [0.15, 0.2) is 29.3 Å². The van der Waals surface area contributed by atoms with Crippen LogP contribution in [0, 0.1) is 5.41 Å². The largest absolute Gasteiger partial charge is 0.381 e. The number of nitrogens with one attached hydrogen (secondary N) is 1. The maximum atomic E-state index is 12.8. The lowest BCUT2D eigenvalue weighted by Gasteiger charge is -2.25. The van der Waals surface area contributed by atoms with Gasteiger partial charge in [-0.1, -0.05) is 18.2 Å². The van der Waals surface area contributed by atoms with E-state index in [2.05, 4.69) is 15.2 Å². The molecule has 0 saturated carbocycles. The van der Waals surface area contributed by atoms with Crippen molar-refractivity contribution in [1.82, 2.24) is 10.2 Å². The summed E-state index contributed by atoms with van der Waals surface area (Å²) in [6.45, 7) is 4.42. The number of likely N-dealkylation sites (tertiary alicyclic amines) is 1. The minimum atomic E-state index is -3.35. The van der Waals surface area contributed by atoms with Crippen LogP contribution in [0.25, 0.3) is 0 Å². The molecule has 7 nitrogen and oxygen atoms in total. The van der Waals surface area contributed by atoms with Crippen LogP contribution in [0.4, 0.5) is 5.69 Å². The van der Waals surface area contributed by atoms with Crippen molar-refractivity contribution in [2.24, 2.45) is 10.4 Å². The number of para-hydroxylation sites is 1. The summed E-state index contributed by atoms with van der Waals surface area (Å²) in [5.41, 5.74) is 2.18. The lowest BCUT2D eigenvalue weighted by molar-refractivity contribution is 0.156. The van der Waals surface area contributed by atoms with Crippen LogP contribution in [0.2, 0.25) is 0 Å². The number of hydrogen-bond donors (Lipinski definition) is 1. The van der Waals surface area contributed by atoms with Crippen molar-refractivity contribution in [3.05, 3.63) is 29.8 Å². The maximum absolute atomic E-state index is 12.8. The van der Waals surface area contributed by atoms with Crippen molar-refractivity contribution in [2.45, 2.75) is 19.3 Å². The standard InChI is InChI=1S/C19H28N4O3S.HI/c1-20-18(22-11-7-19(14-22)8-12-26-15-19)21-9-13-27(24,25)23-10-6-16-4-2-3-5-17(16)23;/h2-5H,6-15H2,1H3,(H,20,21);1H. The van der Waals surface area contributed by atoms with Crippen LogP contribution in [0.3, 0.4) is 0 Å². The van der Waals surface area contributed by atoms with E-state index in [1.54, 1.807) is 11.4 Å². The van der Waals surface area contributed by atoms with Crippen molar-refractivity contribution in [2.75, 3.05) is 56.5 Å². The van der Waals surface area contributed by atoms with Crippen LogP contribution in [-0.4, -0.2) is 71.5 Å². The molecule has 2 saturated heterocycles. The number of nitrogens with zero attached hydrogens (tertiary/aromatic N) is 3. The number of halogens is 1. The van der Waals surface area contributed by atoms with Gasteiger partial charge in [-0.05, 0) is 30.9 Å². The van der Waals surface area contributed by atoms with Gasteiger partial charge in [0.1, 0.15) is 0 Å². The molecule has 0 aliphatic carbocycles. The fourth-order valence-corrected chi connectivity index (χ4v) is 5.85. The Labute approximate surface area is 184 Å². The first kappa shape index (κ1) is 21.6. The summed E-state index contributed by atoms with van der Waals surface area (Å²) in [7, 11) is -1.59. The van der Waals surface area contributed by atoms with Crippen molar-refractivity contribution in [3.8, 4) is 0 Å². The quantitative estimate of drug-likeness (QED) is 0.372. The van der Waals surface area contributed by atoms with Gasteiger partial charge in [-0.3, -0.25) is 9.30 Å². The van der Waals surface area contributed by atoms with E-state index in [9.17, 15) is 8.42 Å². The van der Waals surface area contributed by atoms with Gasteiger partial charge < -0.3 is 15.0 Å². The number of hydrogen-bond acceptors (Lipinski definition) is 4. The van der Waals surface area contributed by atoms with Gasteiger partial charge in [-0.15, -0.1) is 24.0 Å². The first-order valence-electron chi connectivity index (χ1n) is 9.65. The average Bonchev–Trinajstić information content (AvgIpc) is 3.39. The topological polar surface area (TPSA) is 74.2 Å². The molecule has 0 radical (unpaired) electrons. The van der Waals surface area contributed by atoms with Gasteiger partial charge in [-0.25, -0.2) is 8.42 Å². The summed E-state index contributed by atoms with van der Waals surface area (Å²) in [4.78, 5) is 6.59. The molecule has 1 aromatic carbocycles. The van der Waals surface area contributed by atoms with E-state index in [0.717, 1.165) is 62.8 Å². The number of fused-ring (bicyclic) bond motifs is 1. The zero-order valence-electron chi connectivity index (χ0n) is 16.3. The molecule has 3 aliphatic heterocycles. The number of aliphatic imine (C=N–C) groups is 1. The molecule has 3 aliphatic rings. The van der Waals surface area contributed by atoms with E-state index in [1.807, 2.05) is 24.3 Å². The van der Waals surface area contributed by atoms with Crippen LogP contribution in [-0.2, 0) is 21.2 Å². The summed E-state index contributed by atoms with van der Waals surface area (Å²) >= 11 is 0. The third-order valence-corrected chi connectivity index (χ3v) is 7.73. The van der Waals surface area contributed by atoms with E-state index in [4.69, 9.17) is 4.74 Å². The summed E-state index contributed by atoms with van der Waals surface area (Å²) in [5, 5.41) is 3.25. The highest BCUT2D eigenvalue weighted by molar-refractivity contribution is 14.0. The number of guanidine groups is 1. The van der Waals surface area contributed by atoms with Gasteiger partial charge >= 0.3 is 0 Å². The third-order valence-electron chi connectivity index (χ3n) is 5.96. The molecule has 1 spiro atoms. The highest BCUT2D eigenvalue weighted by Gasteiger charge is 2.42. The van der Waals surface area contributed by atoms with E-state index in [-0.39, 0.29) is 35.1 Å². The first-order valence-corrected chi connectivity index (χ1v) is 11.3. The Balaban J connectivity index is 0.00000225. The zero-order valence-corrected chi connectivity index (χ0v) is 19.4. The normalized spacial score (nSPS) is 24.5. The zero-order chi connectivity index (χ0) is 18.9. The van der Waals surface area contributed by atoms with Crippen molar-refractivity contribution >= 4 is 45.6 Å². The van der Waals surface area contributed by atoms with Gasteiger partial charge in [0.2, 0.25) is 10.0 Å². The second-order valence-electron chi connectivity index (χ2n) is 7.71. The number of benzene rings is 1. The summed E-state index contributed by atoms with van der Waals surface area (Å²) in [6, 6.07) is 7.74. The molecular weight excluding hydrogens is 491 g/mol. The second-order valence-corrected chi connectivity index (χ2v) is 9.73. The van der Waals surface area contributed by atoms with E-state index in [1.165, 1.54) is 0 Å². The first-order chi connectivity index (χ1) is 13.0.